The Morgan fingerprint density at radius 2 is 2.30 bits per heavy atom. The largest absolute Gasteiger partial charge is 0.300 e. The quantitative estimate of drug-likeness (QED) is 0.860. The molecule has 0 aliphatic carbocycles. The number of pyridine rings is 1. The van der Waals surface area contributed by atoms with Crippen molar-refractivity contribution in [3.8, 4) is 0 Å². The Morgan fingerprint density at radius 1 is 1.40 bits per heavy atom. The number of amidine groups is 1. The summed E-state index contributed by atoms with van der Waals surface area (Å²) in [6.07, 6.45) is 5.17. The zero-order valence-electron chi connectivity index (χ0n) is 10.4. The number of aromatic nitrogens is 3. The lowest BCUT2D eigenvalue weighted by atomic mass is 10.2. The molecule has 1 fully saturated rings. The maximum absolute atomic E-state index is 11.9. The fraction of sp³-hybridized carbons (Fsp3) is 0.0833. The molecule has 8 heteroatoms. The third-order valence-corrected chi connectivity index (χ3v) is 3.99. The molecule has 6 nitrogen and oxygen atoms in total. The molecule has 2 aromatic rings. The summed E-state index contributed by atoms with van der Waals surface area (Å²) in [5, 5.41) is 12.4. The van der Waals surface area contributed by atoms with Gasteiger partial charge in [0.25, 0.3) is 5.91 Å². The van der Waals surface area contributed by atoms with E-state index in [0.717, 1.165) is 10.6 Å². The normalized spacial score (nSPS) is 18.8. The summed E-state index contributed by atoms with van der Waals surface area (Å²) in [5.74, 6) is -0.168. The number of hydrogen-bond donors (Lipinski definition) is 1. The minimum absolute atomic E-state index is 0.168. The zero-order valence-corrected chi connectivity index (χ0v) is 12.0. The lowest BCUT2D eigenvalue weighted by Crippen LogP contribution is -2.19. The maximum atomic E-state index is 11.9. The van der Waals surface area contributed by atoms with Crippen molar-refractivity contribution in [3.63, 3.8) is 0 Å². The molecule has 100 valence electrons. The highest BCUT2D eigenvalue weighted by molar-refractivity contribution is 8.18. The molecule has 3 rings (SSSR count). The molecule has 0 saturated carbocycles. The first kappa shape index (κ1) is 12.9. The van der Waals surface area contributed by atoms with E-state index in [-0.39, 0.29) is 5.91 Å². The lowest BCUT2D eigenvalue weighted by molar-refractivity contribution is -0.115. The summed E-state index contributed by atoms with van der Waals surface area (Å²) in [7, 11) is 0. The van der Waals surface area contributed by atoms with Gasteiger partial charge in [-0.3, -0.25) is 9.78 Å². The van der Waals surface area contributed by atoms with Crippen LogP contribution in [0.25, 0.3) is 6.08 Å². The molecule has 0 atom stereocenters. The van der Waals surface area contributed by atoms with Crippen molar-refractivity contribution in [1.29, 1.82) is 0 Å². The number of rotatable bonds is 2. The van der Waals surface area contributed by atoms with Crippen molar-refractivity contribution >= 4 is 45.4 Å². The number of aryl methyl sites for hydroxylation is 1. The summed E-state index contributed by atoms with van der Waals surface area (Å²) in [4.78, 5) is 20.7. The van der Waals surface area contributed by atoms with Gasteiger partial charge >= 0.3 is 0 Å². The van der Waals surface area contributed by atoms with E-state index < -0.39 is 0 Å². The number of aliphatic imine (C=N–C) groups is 1. The highest BCUT2D eigenvalue weighted by Crippen LogP contribution is 2.28. The van der Waals surface area contributed by atoms with Gasteiger partial charge in [0, 0.05) is 12.4 Å². The minimum atomic E-state index is -0.168. The van der Waals surface area contributed by atoms with Gasteiger partial charge < -0.3 is 5.32 Å². The number of carbonyl (C=O) groups excluding carboxylic acids is 1. The van der Waals surface area contributed by atoms with Crippen molar-refractivity contribution in [2.75, 3.05) is 0 Å². The van der Waals surface area contributed by atoms with Crippen LogP contribution in [0.15, 0.2) is 34.4 Å². The van der Waals surface area contributed by atoms with E-state index in [0.29, 0.717) is 15.2 Å². The monoisotopic (exact) mass is 303 g/mol. The molecule has 2 aromatic heterocycles. The third-order valence-electron chi connectivity index (χ3n) is 2.35. The Bertz CT molecular complexity index is 708. The molecule has 1 aliphatic rings. The molecule has 3 heterocycles. The van der Waals surface area contributed by atoms with E-state index in [1.54, 1.807) is 18.5 Å². The van der Waals surface area contributed by atoms with E-state index in [9.17, 15) is 4.79 Å². The average molecular weight is 303 g/mol. The van der Waals surface area contributed by atoms with Crippen molar-refractivity contribution in [2.45, 2.75) is 6.92 Å². The van der Waals surface area contributed by atoms with E-state index in [2.05, 4.69) is 25.5 Å². The van der Waals surface area contributed by atoms with Crippen LogP contribution in [-0.4, -0.2) is 26.3 Å². The van der Waals surface area contributed by atoms with Gasteiger partial charge in [0.05, 0.1) is 4.91 Å². The number of nitrogens with one attached hydrogen (secondary N) is 1. The van der Waals surface area contributed by atoms with Crippen LogP contribution in [-0.2, 0) is 4.79 Å². The van der Waals surface area contributed by atoms with Crippen molar-refractivity contribution in [2.24, 2.45) is 4.99 Å². The standard InChI is InChI=1S/C12H9N5OS2/c1-7-16-17-12(19-7)15-11-14-10(18)9(20-11)5-8-3-2-4-13-6-8/h2-6H,1H3,(H,14,15,17,18)/b9-5-. The molecular formula is C12H9N5OS2. The molecule has 0 spiro atoms. The molecule has 0 radical (unpaired) electrons. The summed E-state index contributed by atoms with van der Waals surface area (Å²) in [5.41, 5.74) is 0.873. The Hall–Kier alpha value is -2.06. The number of carbonyl (C=O) groups is 1. The molecule has 0 bridgehead atoms. The van der Waals surface area contributed by atoms with E-state index in [1.807, 2.05) is 19.1 Å². The van der Waals surface area contributed by atoms with Crippen LogP contribution in [0.2, 0.25) is 0 Å². The molecule has 1 N–H and O–H groups in total. The maximum Gasteiger partial charge on any atom is 0.264 e. The lowest BCUT2D eigenvalue weighted by Gasteiger charge is -1.92. The van der Waals surface area contributed by atoms with Crippen molar-refractivity contribution in [1.82, 2.24) is 20.5 Å². The van der Waals surface area contributed by atoms with Crippen LogP contribution in [0.4, 0.5) is 5.13 Å². The first-order valence-electron chi connectivity index (χ1n) is 5.70. The fourth-order valence-electron chi connectivity index (χ4n) is 1.51. The van der Waals surface area contributed by atoms with E-state index in [1.165, 1.54) is 23.1 Å². The fourth-order valence-corrected chi connectivity index (χ4v) is 2.96. The third kappa shape index (κ3) is 2.91. The van der Waals surface area contributed by atoms with E-state index in [4.69, 9.17) is 0 Å². The first-order chi connectivity index (χ1) is 9.70. The van der Waals surface area contributed by atoms with Crippen LogP contribution < -0.4 is 5.32 Å². The zero-order chi connectivity index (χ0) is 13.9. The number of hydrogen-bond acceptors (Lipinski definition) is 7. The van der Waals surface area contributed by atoms with Crippen molar-refractivity contribution in [3.05, 3.63) is 40.0 Å². The summed E-state index contributed by atoms with van der Waals surface area (Å²) in [6.45, 7) is 1.86. The van der Waals surface area contributed by atoms with Gasteiger partial charge in [0.2, 0.25) is 5.13 Å². The van der Waals surface area contributed by atoms with Gasteiger partial charge in [-0.25, -0.2) is 0 Å². The molecular weight excluding hydrogens is 294 g/mol. The Kier molecular flexibility index (Phi) is 3.57. The van der Waals surface area contributed by atoms with Crippen molar-refractivity contribution < 1.29 is 4.79 Å². The second-order valence-corrected chi connectivity index (χ2v) is 6.06. The smallest absolute Gasteiger partial charge is 0.264 e. The molecule has 20 heavy (non-hydrogen) atoms. The van der Waals surface area contributed by atoms with Gasteiger partial charge in [0.15, 0.2) is 5.17 Å². The second kappa shape index (κ2) is 5.51. The molecule has 1 amide bonds. The number of amides is 1. The highest BCUT2D eigenvalue weighted by Gasteiger charge is 2.24. The Morgan fingerprint density at radius 3 is 3.00 bits per heavy atom. The second-order valence-electron chi connectivity index (χ2n) is 3.87. The molecule has 0 aromatic carbocycles. The highest BCUT2D eigenvalue weighted by atomic mass is 32.2. The van der Waals surface area contributed by atoms with Gasteiger partial charge in [-0.2, -0.15) is 4.99 Å². The first-order valence-corrected chi connectivity index (χ1v) is 7.34. The summed E-state index contributed by atoms with van der Waals surface area (Å²) >= 11 is 2.66. The summed E-state index contributed by atoms with van der Waals surface area (Å²) in [6, 6.07) is 3.71. The predicted molar refractivity (Wildman–Crippen MR) is 79.7 cm³/mol. The average Bonchev–Trinajstić information content (AvgIpc) is 2.98. The Balaban J connectivity index is 1.82. The minimum Gasteiger partial charge on any atom is -0.300 e. The van der Waals surface area contributed by atoms with Gasteiger partial charge in [0.1, 0.15) is 5.01 Å². The van der Waals surface area contributed by atoms with Crippen LogP contribution in [0.1, 0.15) is 10.6 Å². The topological polar surface area (TPSA) is 80.1 Å². The number of thioether (sulfide) groups is 1. The number of nitrogens with zero attached hydrogens (tertiary/aromatic N) is 4. The predicted octanol–water partition coefficient (Wildman–Crippen LogP) is 2.13. The van der Waals surface area contributed by atoms with Gasteiger partial charge in [-0.15, -0.1) is 10.2 Å². The molecule has 1 saturated heterocycles. The van der Waals surface area contributed by atoms with Crippen LogP contribution in [0.3, 0.4) is 0 Å². The molecule has 1 aliphatic heterocycles. The molecule has 0 unspecified atom stereocenters. The summed E-state index contributed by atoms with van der Waals surface area (Å²) < 4.78 is 0. The SMILES string of the molecule is Cc1nnc(N=C2NC(=O)/C(=C/c3cccnc3)S2)s1. The Labute approximate surface area is 123 Å². The van der Waals surface area contributed by atoms with E-state index >= 15 is 0 Å². The van der Waals surface area contributed by atoms with Gasteiger partial charge in [-0.05, 0) is 36.4 Å². The van der Waals surface area contributed by atoms with Gasteiger partial charge in [-0.1, -0.05) is 17.4 Å². The van der Waals surface area contributed by atoms with Crippen LogP contribution in [0, 0.1) is 6.92 Å². The van der Waals surface area contributed by atoms with Crippen LogP contribution in [0.5, 0.6) is 0 Å². The van der Waals surface area contributed by atoms with Crippen LogP contribution >= 0.6 is 23.1 Å².